The summed E-state index contributed by atoms with van der Waals surface area (Å²) in [6.07, 6.45) is 13.7. The summed E-state index contributed by atoms with van der Waals surface area (Å²) in [5.41, 5.74) is 1.45. The van der Waals surface area contributed by atoms with Gasteiger partial charge in [-0.1, -0.05) is 75.3 Å². The third kappa shape index (κ3) is 11.6. The average molecular weight is 339 g/mol. The maximum absolute atomic E-state index is 5.69. The predicted octanol–water partition coefficient (Wildman–Crippen LogP) is 6.40. The van der Waals surface area contributed by atoms with Gasteiger partial charge in [-0.2, -0.15) is 0 Å². The number of benzene rings is 1. The Morgan fingerprint density at radius 3 is 1.70 bits per heavy atom. The van der Waals surface area contributed by atoms with Gasteiger partial charge < -0.3 is 4.48 Å². The molecule has 1 aromatic rings. The third-order valence-electron chi connectivity index (χ3n) is 4.60. The van der Waals surface area contributed by atoms with Crippen molar-refractivity contribution in [3.05, 3.63) is 35.9 Å². The number of alkyl halides is 1. The molecular weight excluding hydrogens is 302 g/mol. The third-order valence-corrected chi connectivity index (χ3v) is 4.87. The molecule has 1 aromatic carbocycles. The van der Waals surface area contributed by atoms with E-state index in [4.69, 9.17) is 11.6 Å². The Kier molecular flexibility index (Phi) is 11.5. The average Bonchev–Trinajstić information content (AvgIpc) is 2.53. The van der Waals surface area contributed by atoms with E-state index in [1.165, 1.54) is 76.3 Å². The van der Waals surface area contributed by atoms with E-state index in [0.717, 1.165) is 16.9 Å². The Bertz CT molecular complexity index is 375. The van der Waals surface area contributed by atoms with E-state index < -0.39 is 0 Å². The van der Waals surface area contributed by atoms with Crippen LogP contribution >= 0.6 is 11.6 Å². The van der Waals surface area contributed by atoms with Crippen molar-refractivity contribution < 1.29 is 4.48 Å². The Morgan fingerprint density at radius 1 is 0.696 bits per heavy atom. The second-order valence-corrected chi connectivity index (χ2v) is 7.91. The van der Waals surface area contributed by atoms with E-state index in [1.54, 1.807) is 0 Å². The first-order chi connectivity index (χ1) is 11.1. The highest BCUT2D eigenvalue weighted by atomic mass is 35.5. The van der Waals surface area contributed by atoms with Crippen molar-refractivity contribution in [2.24, 2.45) is 0 Å². The maximum Gasteiger partial charge on any atom is 0.104 e. The van der Waals surface area contributed by atoms with Gasteiger partial charge in [0.05, 0.1) is 20.6 Å². The molecule has 0 unspecified atom stereocenters. The first-order valence-electron chi connectivity index (χ1n) is 9.56. The summed E-state index contributed by atoms with van der Waals surface area (Å²) in [6, 6.07) is 10.9. The molecule has 23 heavy (non-hydrogen) atoms. The van der Waals surface area contributed by atoms with Crippen molar-refractivity contribution in [1.82, 2.24) is 0 Å². The number of quaternary nitrogens is 1. The summed E-state index contributed by atoms with van der Waals surface area (Å²) >= 11 is 5.69. The van der Waals surface area contributed by atoms with Crippen LogP contribution in [0.2, 0.25) is 0 Å². The fourth-order valence-electron chi connectivity index (χ4n) is 3.21. The van der Waals surface area contributed by atoms with Crippen molar-refractivity contribution in [1.29, 1.82) is 0 Å². The molecule has 0 spiro atoms. The van der Waals surface area contributed by atoms with Crippen LogP contribution in [-0.4, -0.2) is 31.0 Å². The van der Waals surface area contributed by atoms with Crippen LogP contribution in [0.3, 0.4) is 0 Å². The van der Waals surface area contributed by atoms with Crippen molar-refractivity contribution >= 4 is 11.6 Å². The summed E-state index contributed by atoms with van der Waals surface area (Å²) in [5.74, 6) is 0.832. The van der Waals surface area contributed by atoms with E-state index in [9.17, 15) is 0 Å². The lowest BCUT2D eigenvalue weighted by atomic mass is 10.1. The topological polar surface area (TPSA) is 0 Å². The number of nitrogens with zero attached hydrogens (tertiary/aromatic N) is 1. The van der Waals surface area contributed by atoms with E-state index in [2.05, 4.69) is 44.4 Å². The molecule has 0 heterocycles. The summed E-state index contributed by atoms with van der Waals surface area (Å²) < 4.78 is 1.10. The zero-order valence-corrected chi connectivity index (χ0v) is 16.2. The lowest BCUT2D eigenvalue weighted by molar-refractivity contribution is -0.903. The van der Waals surface area contributed by atoms with Crippen molar-refractivity contribution in [2.45, 2.75) is 70.8 Å². The second kappa shape index (κ2) is 12.8. The fourth-order valence-corrected chi connectivity index (χ4v) is 3.39. The molecule has 0 amide bonds. The molecule has 0 aliphatic rings. The fraction of sp³-hybridized carbons (Fsp3) is 0.714. The minimum absolute atomic E-state index is 0.832. The van der Waals surface area contributed by atoms with E-state index in [0.29, 0.717) is 0 Å². The molecule has 0 saturated carbocycles. The van der Waals surface area contributed by atoms with Crippen molar-refractivity contribution in [3.63, 3.8) is 0 Å². The highest BCUT2D eigenvalue weighted by Crippen LogP contribution is 2.14. The first-order valence-corrected chi connectivity index (χ1v) is 10.1. The normalized spacial score (nSPS) is 11.8. The molecule has 132 valence electrons. The quantitative estimate of drug-likeness (QED) is 0.209. The van der Waals surface area contributed by atoms with Crippen molar-refractivity contribution in [3.8, 4) is 0 Å². The molecular formula is C21H37ClN+. The largest absolute Gasteiger partial charge is 0.325 e. The monoisotopic (exact) mass is 338 g/mol. The molecule has 0 aliphatic carbocycles. The minimum atomic E-state index is 0.832. The van der Waals surface area contributed by atoms with Gasteiger partial charge in [0, 0.05) is 11.4 Å². The summed E-state index contributed by atoms with van der Waals surface area (Å²) in [7, 11) is 4.71. The molecule has 0 bridgehead atoms. The second-order valence-electron chi connectivity index (χ2n) is 7.53. The molecule has 1 nitrogen and oxygen atoms in total. The van der Waals surface area contributed by atoms with Gasteiger partial charge in [-0.3, -0.25) is 0 Å². The number of unbranched alkanes of at least 4 members (excludes halogenated alkanes) is 9. The number of hydrogen-bond donors (Lipinski definition) is 0. The molecule has 1 rings (SSSR count). The molecule has 0 N–H and O–H groups in total. The number of hydrogen-bond acceptors (Lipinski definition) is 0. The highest BCUT2D eigenvalue weighted by molar-refractivity contribution is 6.17. The Hall–Kier alpha value is -0.530. The molecule has 0 saturated heterocycles. The van der Waals surface area contributed by atoms with Crippen LogP contribution in [0, 0.1) is 0 Å². The lowest BCUT2D eigenvalue weighted by Crippen LogP contribution is -2.39. The Balaban J connectivity index is 1.95. The molecule has 0 aliphatic heterocycles. The van der Waals surface area contributed by atoms with Crippen LogP contribution in [0.5, 0.6) is 0 Å². The van der Waals surface area contributed by atoms with Crippen molar-refractivity contribution in [2.75, 3.05) is 26.5 Å². The van der Waals surface area contributed by atoms with Crippen LogP contribution in [0.1, 0.15) is 69.8 Å². The Morgan fingerprint density at radius 2 is 1.17 bits per heavy atom. The smallest absolute Gasteiger partial charge is 0.104 e. The Labute approximate surface area is 149 Å². The van der Waals surface area contributed by atoms with Gasteiger partial charge in [-0.05, 0) is 19.3 Å². The number of rotatable bonds is 14. The van der Waals surface area contributed by atoms with E-state index >= 15 is 0 Å². The molecule has 2 heteroatoms. The van der Waals surface area contributed by atoms with Gasteiger partial charge >= 0.3 is 0 Å². The zero-order valence-electron chi connectivity index (χ0n) is 15.4. The summed E-state index contributed by atoms with van der Waals surface area (Å²) in [5, 5.41) is 0. The van der Waals surface area contributed by atoms with Crippen LogP contribution in [0.25, 0.3) is 0 Å². The summed E-state index contributed by atoms with van der Waals surface area (Å²) in [4.78, 5) is 0. The van der Waals surface area contributed by atoms with Gasteiger partial charge in [-0.25, -0.2) is 0 Å². The SMILES string of the molecule is C[N+](C)(CCCCCCCCCCCCCl)Cc1ccccc1. The standard InChI is InChI=1S/C21H37ClN/c1-23(2,20-21-16-12-11-13-17-21)19-15-10-8-6-4-3-5-7-9-14-18-22/h11-13,16-17H,3-10,14-15,18-20H2,1-2H3/q+1. The molecule has 0 radical (unpaired) electrons. The number of halogens is 1. The van der Waals surface area contributed by atoms with Crippen LogP contribution in [-0.2, 0) is 6.54 Å². The molecule has 0 atom stereocenters. The maximum atomic E-state index is 5.69. The highest BCUT2D eigenvalue weighted by Gasteiger charge is 2.14. The van der Waals surface area contributed by atoms with Gasteiger partial charge in [0.2, 0.25) is 0 Å². The molecule has 0 fully saturated rings. The van der Waals surface area contributed by atoms with E-state index in [1.807, 2.05) is 0 Å². The van der Waals surface area contributed by atoms with Gasteiger partial charge in [0.15, 0.2) is 0 Å². The minimum Gasteiger partial charge on any atom is -0.325 e. The van der Waals surface area contributed by atoms with Crippen LogP contribution in [0.4, 0.5) is 0 Å². The van der Waals surface area contributed by atoms with Crippen LogP contribution in [0.15, 0.2) is 30.3 Å². The first kappa shape index (κ1) is 20.5. The van der Waals surface area contributed by atoms with Gasteiger partial charge in [0.1, 0.15) is 6.54 Å². The van der Waals surface area contributed by atoms with Crippen LogP contribution < -0.4 is 0 Å². The lowest BCUT2D eigenvalue weighted by Gasteiger charge is -2.30. The van der Waals surface area contributed by atoms with E-state index in [-0.39, 0.29) is 0 Å². The van der Waals surface area contributed by atoms with Gasteiger partial charge in [-0.15, -0.1) is 11.6 Å². The zero-order chi connectivity index (χ0) is 16.8. The molecule has 0 aromatic heterocycles. The summed E-state index contributed by atoms with van der Waals surface area (Å²) in [6.45, 7) is 2.43. The predicted molar refractivity (Wildman–Crippen MR) is 104 cm³/mol. The van der Waals surface area contributed by atoms with Gasteiger partial charge in [0.25, 0.3) is 0 Å².